The maximum Gasteiger partial charge on any atom is 0.337 e. The number of dihydropyridines is 1. The van der Waals surface area contributed by atoms with Crippen molar-refractivity contribution in [2.75, 3.05) is 20.3 Å². The Morgan fingerprint density at radius 3 is 2.52 bits per heavy atom. The fraction of sp³-hybridized carbons (Fsp3) is 0.500. The number of ketones is 1. The van der Waals surface area contributed by atoms with Gasteiger partial charge in [-0.1, -0.05) is 26.0 Å². The van der Waals surface area contributed by atoms with Crippen LogP contribution in [0.2, 0.25) is 0 Å². The molecule has 1 saturated heterocycles. The van der Waals surface area contributed by atoms with Crippen LogP contribution in [0.1, 0.15) is 68.3 Å². The molecule has 0 radical (unpaired) electrons. The van der Waals surface area contributed by atoms with Crippen molar-refractivity contribution in [1.82, 2.24) is 5.32 Å². The van der Waals surface area contributed by atoms with E-state index in [-0.39, 0.29) is 23.9 Å². The highest BCUT2D eigenvalue weighted by molar-refractivity contribution is 6.04. The van der Waals surface area contributed by atoms with Gasteiger partial charge in [0.1, 0.15) is 6.61 Å². The first-order chi connectivity index (χ1) is 15.7. The predicted octanol–water partition coefficient (Wildman–Crippen LogP) is 3.80. The first-order valence-electron chi connectivity index (χ1n) is 11.4. The first-order valence-corrected chi connectivity index (χ1v) is 11.4. The van der Waals surface area contributed by atoms with Gasteiger partial charge >= 0.3 is 11.9 Å². The van der Waals surface area contributed by atoms with Crippen LogP contribution >= 0.6 is 0 Å². The van der Waals surface area contributed by atoms with Crippen LogP contribution in [0.4, 0.5) is 0 Å². The fourth-order valence-corrected chi connectivity index (χ4v) is 4.99. The molecule has 0 amide bonds. The second-order valence-electron chi connectivity index (χ2n) is 9.78. The highest BCUT2D eigenvalue weighted by Gasteiger charge is 2.43. The van der Waals surface area contributed by atoms with Crippen molar-refractivity contribution in [3.05, 3.63) is 57.9 Å². The van der Waals surface area contributed by atoms with E-state index in [1.807, 2.05) is 6.92 Å². The number of carbonyl (C=O) groups is 3. The minimum atomic E-state index is -0.562. The lowest BCUT2D eigenvalue weighted by molar-refractivity contribution is -0.142. The monoisotopic (exact) mass is 453 g/mol. The quantitative estimate of drug-likeness (QED) is 0.678. The number of rotatable bonds is 5. The number of methoxy groups -OCH3 is 1. The summed E-state index contributed by atoms with van der Waals surface area (Å²) in [5, 5.41) is 3.33. The summed E-state index contributed by atoms with van der Waals surface area (Å²) in [5.74, 6) is -1.44. The Labute approximate surface area is 194 Å². The highest BCUT2D eigenvalue weighted by atomic mass is 16.6. The van der Waals surface area contributed by atoms with Crippen molar-refractivity contribution in [1.29, 1.82) is 0 Å². The molecule has 4 rings (SSSR count). The Morgan fingerprint density at radius 2 is 1.88 bits per heavy atom. The van der Waals surface area contributed by atoms with Crippen molar-refractivity contribution in [2.24, 2.45) is 5.41 Å². The Morgan fingerprint density at radius 1 is 1.15 bits per heavy atom. The molecule has 0 aromatic heterocycles. The summed E-state index contributed by atoms with van der Waals surface area (Å²) in [5.41, 5.74) is 3.56. The molecule has 176 valence electrons. The van der Waals surface area contributed by atoms with Gasteiger partial charge in [0.15, 0.2) is 5.78 Å². The standard InChI is InChI=1S/C26H31NO6/c1-15-21(25(30)33-14-18-6-5-11-32-18)22(16-7-9-17(10-8-16)24(29)31-4)23-19(27-15)12-26(2,3)13-20(23)28/h7-10,18,22,27H,5-6,11-14H2,1-4H3/t18-,22-/m0/s1. The van der Waals surface area contributed by atoms with E-state index in [4.69, 9.17) is 14.2 Å². The lowest BCUT2D eigenvalue weighted by atomic mass is 9.68. The largest absolute Gasteiger partial charge is 0.465 e. The van der Waals surface area contributed by atoms with Gasteiger partial charge in [0.25, 0.3) is 0 Å². The Kier molecular flexibility index (Phi) is 6.43. The summed E-state index contributed by atoms with van der Waals surface area (Å²) in [6, 6.07) is 6.87. The van der Waals surface area contributed by atoms with Crippen molar-refractivity contribution in [3.63, 3.8) is 0 Å². The molecule has 0 saturated carbocycles. The number of allylic oxidation sites excluding steroid dienone is 3. The zero-order valence-corrected chi connectivity index (χ0v) is 19.7. The van der Waals surface area contributed by atoms with Crippen LogP contribution in [0.15, 0.2) is 46.8 Å². The molecule has 1 aromatic rings. The molecule has 2 aliphatic heterocycles. The van der Waals surface area contributed by atoms with Crippen molar-refractivity contribution >= 4 is 17.7 Å². The van der Waals surface area contributed by atoms with Crippen LogP contribution in [0, 0.1) is 5.41 Å². The smallest absolute Gasteiger partial charge is 0.337 e. The number of ether oxygens (including phenoxy) is 3. The van der Waals surface area contributed by atoms with Crippen LogP contribution in [0.3, 0.4) is 0 Å². The van der Waals surface area contributed by atoms with E-state index in [1.165, 1.54) is 7.11 Å². The number of carbonyl (C=O) groups excluding carboxylic acids is 3. The van der Waals surface area contributed by atoms with E-state index >= 15 is 0 Å². The van der Waals surface area contributed by atoms with Gasteiger partial charge in [-0.25, -0.2) is 9.59 Å². The zero-order valence-electron chi connectivity index (χ0n) is 19.7. The molecule has 7 nitrogen and oxygen atoms in total. The summed E-state index contributed by atoms with van der Waals surface area (Å²) < 4.78 is 16.0. The maximum absolute atomic E-state index is 13.3. The molecule has 1 N–H and O–H groups in total. The molecule has 0 spiro atoms. The molecule has 3 aliphatic rings. The average Bonchev–Trinajstić information content (AvgIpc) is 3.29. The number of hydrogen-bond donors (Lipinski definition) is 1. The summed E-state index contributed by atoms with van der Waals surface area (Å²) in [4.78, 5) is 38.5. The minimum absolute atomic E-state index is 0.0210. The SMILES string of the molecule is COC(=O)c1ccc([C@H]2C(C(=O)OC[C@@H]3CCCO3)=C(C)NC3=C2C(=O)CC(C)(C)C3)cc1. The molecule has 2 heterocycles. The van der Waals surface area contributed by atoms with E-state index < -0.39 is 17.9 Å². The second kappa shape index (κ2) is 9.14. The van der Waals surface area contributed by atoms with Gasteiger partial charge in [0, 0.05) is 35.9 Å². The van der Waals surface area contributed by atoms with E-state index in [9.17, 15) is 14.4 Å². The van der Waals surface area contributed by atoms with Crippen molar-refractivity contribution in [3.8, 4) is 0 Å². The van der Waals surface area contributed by atoms with Gasteiger partial charge in [-0.05, 0) is 49.3 Å². The van der Waals surface area contributed by atoms with E-state index in [0.717, 1.165) is 24.1 Å². The van der Waals surface area contributed by atoms with Crippen LogP contribution in [0.25, 0.3) is 0 Å². The summed E-state index contributed by atoms with van der Waals surface area (Å²) in [6.07, 6.45) is 2.85. The molecule has 2 atom stereocenters. The van der Waals surface area contributed by atoms with E-state index in [0.29, 0.717) is 41.9 Å². The molecule has 33 heavy (non-hydrogen) atoms. The van der Waals surface area contributed by atoms with Gasteiger partial charge in [-0.3, -0.25) is 4.79 Å². The third-order valence-electron chi connectivity index (χ3n) is 6.55. The molecule has 0 unspecified atom stereocenters. The number of esters is 2. The normalized spacial score (nSPS) is 24.3. The molecule has 0 bridgehead atoms. The summed E-state index contributed by atoms with van der Waals surface area (Å²) in [7, 11) is 1.33. The third-order valence-corrected chi connectivity index (χ3v) is 6.55. The van der Waals surface area contributed by atoms with Gasteiger partial charge in [-0.2, -0.15) is 0 Å². The van der Waals surface area contributed by atoms with Crippen molar-refractivity contribution < 1.29 is 28.6 Å². The van der Waals surface area contributed by atoms with Gasteiger partial charge in [0.05, 0.1) is 24.4 Å². The molecular weight excluding hydrogens is 422 g/mol. The Bertz CT molecular complexity index is 1030. The number of Topliss-reactive ketones (excluding diaryl/α,β-unsaturated/α-hetero) is 1. The van der Waals surface area contributed by atoms with E-state index in [2.05, 4.69) is 19.2 Å². The molecular formula is C26H31NO6. The molecule has 1 aliphatic carbocycles. The fourth-order valence-electron chi connectivity index (χ4n) is 4.99. The molecule has 1 aromatic carbocycles. The number of nitrogens with one attached hydrogen (secondary N) is 1. The van der Waals surface area contributed by atoms with Crippen molar-refractivity contribution in [2.45, 2.75) is 58.5 Å². The summed E-state index contributed by atoms with van der Waals surface area (Å²) in [6.45, 7) is 6.86. The number of benzene rings is 1. The van der Waals surface area contributed by atoms with Gasteiger partial charge in [-0.15, -0.1) is 0 Å². The Balaban J connectivity index is 1.72. The summed E-state index contributed by atoms with van der Waals surface area (Å²) >= 11 is 0. The van der Waals surface area contributed by atoms with Crippen LogP contribution < -0.4 is 5.32 Å². The second-order valence-corrected chi connectivity index (χ2v) is 9.78. The van der Waals surface area contributed by atoms with Crippen LogP contribution in [0.5, 0.6) is 0 Å². The average molecular weight is 454 g/mol. The van der Waals surface area contributed by atoms with Crippen LogP contribution in [-0.4, -0.2) is 44.1 Å². The minimum Gasteiger partial charge on any atom is -0.465 e. The van der Waals surface area contributed by atoms with Crippen LogP contribution in [-0.2, 0) is 23.8 Å². The lowest BCUT2D eigenvalue weighted by Gasteiger charge is -2.39. The number of hydrogen-bond acceptors (Lipinski definition) is 7. The van der Waals surface area contributed by atoms with E-state index in [1.54, 1.807) is 24.3 Å². The maximum atomic E-state index is 13.3. The topological polar surface area (TPSA) is 90.9 Å². The predicted molar refractivity (Wildman–Crippen MR) is 121 cm³/mol. The molecule has 1 fully saturated rings. The third kappa shape index (κ3) is 4.74. The Hall–Kier alpha value is -2.93. The first kappa shape index (κ1) is 23.2. The van der Waals surface area contributed by atoms with Gasteiger partial charge < -0.3 is 19.5 Å². The lowest BCUT2D eigenvalue weighted by Crippen LogP contribution is -2.39. The zero-order chi connectivity index (χ0) is 23.8. The highest BCUT2D eigenvalue weighted by Crippen LogP contribution is 2.46. The van der Waals surface area contributed by atoms with Gasteiger partial charge in [0.2, 0.25) is 0 Å². The molecule has 7 heteroatoms.